The Morgan fingerprint density at radius 3 is 2.58 bits per heavy atom. The van der Waals surface area contributed by atoms with E-state index >= 15 is 0 Å². The molecule has 0 radical (unpaired) electrons. The van der Waals surface area contributed by atoms with Crippen LogP contribution in [0.1, 0.15) is 15.9 Å². The van der Waals surface area contributed by atoms with E-state index in [0.717, 1.165) is 5.56 Å². The summed E-state index contributed by atoms with van der Waals surface area (Å²) in [6.07, 6.45) is 0. The van der Waals surface area contributed by atoms with E-state index in [4.69, 9.17) is 23.2 Å². The van der Waals surface area contributed by atoms with Crippen molar-refractivity contribution in [1.82, 2.24) is 15.0 Å². The molecule has 126 valence electrons. The quantitative estimate of drug-likeness (QED) is 0.427. The van der Waals surface area contributed by atoms with Crippen LogP contribution in [0.4, 0.5) is 4.39 Å². The van der Waals surface area contributed by atoms with Gasteiger partial charge in [0.2, 0.25) is 0 Å². The first-order valence-electron chi connectivity index (χ1n) is 7.73. The molecule has 3 aromatic carbocycles. The summed E-state index contributed by atoms with van der Waals surface area (Å²) in [7, 11) is 0. The lowest BCUT2D eigenvalue weighted by atomic mass is 9.83. The Kier molecular flexibility index (Phi) is 3.20. The van der Waals surface area contributed by atoms with Crippen LogP contribution in [0.3, 0.4) is 0 Å². The smallest absolute Gasteiger partial charge is 0.196 e. The number of benzene rings is 3. The third-order valence-electron chi connectivity index (χ3n) is 4.51. The van der Waals surface area contributed by atoms with Gasteiger partial charge in [-0.05, 0) is 47.5 Å². The zero-order chi connectivity index (χ0) is 18.0. The van der Waals surface area contributed by atoms with E-state index in [1.807, 2.05) is 24.3 Å². The number of carbonyl (C=O) groups excluding carboxylic acids is 1. The van der Waals surface area contributed by atoms with Crippen molar-refractivity contribution in [3.05, 3.63) is 75.5 Å². The predicted octanol–water partition coefficient (Wildman–Crippen LogP) is 5.08. The Hall–Kier alpha value is -2.76. The van der Waals surface area contributed by atoms with Crippen LogP contribution in [-0.4, -0.2) is 20.8 Å². The first-order chi connectivity index (χ1) is 12.5. The Bertz CT molecular complexity index is 1250. The molecule has 7 heteroatoms. The number of halogens is 3. The van der Waals surface area contributed by atoms with Crippen LogP contribution >= 0.6 is 23.2 Å². The molecule has 26 heavy (non-hydrogen) atoms. The van der Waals surface area contributed by atoms with Crippen molar-refractivity contribution >= 4 is 40.0 Å². The van der Waals surface area contributed by atoms with E-state index in [2.05, 4.69) is 10.3 Å². The molecule has 0 atom stereocenters. The van der Waals surface area contributed by atoms with Crippen LogP contribution in [-0.2, 0) is 0 Å². The van der Waals surface area contributed by atoms with Crippen molar-refractivity contribution in [2.24, 2.45) is 0 Å². The lowest BCUT2D eigenvalue weighted by Crippen LogP contribution is -2.17. The fraction of sp³-hybridized carbons (Fsp3) is 0. The number of rotatable bonds is 2. The van der Waals surface area contributed by atoms with E-state index in [0.29, 0.717) is 37.9 Å². The SMILES string of the molecule is O=C1c2cc1c(-c1cccc(-n3nnc4c(Cl)c(Cl)ccc43)c1)cc2F. The number of fused-ring (bicyclic) bond motifs is 3. The normalized spacial score (nSPS) is 12.5. The fourth-order valence-electron chi connectivity index (χ4n) is 3.17. The molecule has 0 amide bonds. The molecule has 0 saturated heterocycles. The molecule has 0 spiro atoms. The standard InChI is InChI=1S/C19H8Cl2FN3O/c20-14-4-5-16-18(17(14)21)23-24-25(16)10-3-1-2-9(6-10)11-8-15(22)13-7-12(11)19(13)26/h1-8H. The van der Waals surface area contributed by atoms with E-state index in [1.165, 1.54) is 6.07 Å². The molecule has 1 aromatic heterocycles. The lowest BCUT2D eigenvalue weighted by Gasteiger charge is -2.19. The molecule has 4 nitrogen and oxygen atoms in total. The van der Waals surface area contributed by atoms with Gasteiger partial charge in [-0.25, -0.2) is 9.07 Å². The van der Waals surface area contributed by atoms with Crippen LogP contribution in [0.25, 0.3) is 27.8 Å². The van der Waals surface area contributed by atoms with Crippen molar-refractivity contribution in [2.75, 3.05) is 0 Å². The van der Waals surface area contributed by atoms with E-state index in [9.17, 15) is 9.18 Å². The van der Waals surface area contributed by atoms with Gasteiger partial charge < -0.3 is 0 Å². The monoisotopic (exact) mass is 383 g/mol. The average molecular weight is 384 g/mol. The summed E-state index contributed by atoms with van der Waals surface area (Å²) in [5.74, 6) is -0.754. The summed E-state index contributed by atoms with van der Waals surface area (Å²) in [5.41, 5.74) is 3.87. The molecule has 0 saturated carbocycles. The maximum atomic E-state index is 13.9. The fourth-order valence-corrected chi connectivity index (χ4v) is 3.52. The van der Waals surface area contributed by atoms with Gasteiger partial charge in [0, 0.05) is 5.56 Å². The molecular weight excluding hydrogens is 376 g/mol. The maximum Gasteiger partial charge on any atom is 0.196 e. The molecule has 0 unspecified atom stereocenters. The van der Waals surface area contributed by atoms with E-state index < -0.39 is 5.82 Å². The zero-order valence-electron chi connectivity index (χ0n) is 13.0. The third-order valence-corrected chi connectivity index (χ3v) is 5.30. The molecule has 0 fully saturated rings. The second-order valence-corrected chi connectivity index (χ2v) is 6.77. The minimum Gasteiger partial charge on any atom is -0.288 e. The Balaban J connectivity index is 1.68. The van der Waals surface area contributed by atoms with Gasteiger partial charge in [-0.2, -0.15) is 0 Å². The van der Waals surface area contributed by atoms with E-state index in [-0.39, 0.29) is 11.3 Å². The summed E-state index contributed by atoms with van der Waals surface area (Å²) in [4.78, 5) is 11.9. The number of hydrogen-bond donors (Lipinski definition) is 0. The average Bonchev–Trinajstić information content (AvgIpc) is 3.08. The number of ketones is 1. The van der Waals surface area contributed by atoms with Gasteiger partial charge in [0.15, 0.2) is 5.78 Å². The van der Waals surface area contributed by atoms with Crippen LogP contribution in [0, 0.1) is 5.82 Å². The highest BCUT2D eigenvalue weighted by molar-refractivity contribution is 6.44. The van der Waals surface area contributed by atoms with Crippen LogP contribution in [0.2, 0.25) is 10.0 Å². The maximum absolute atomic E-state index is 13.9. The first kappa shape index (κ1) is 15.5. The summed E-state index contributed by atoms with van der Waals surface area (Å²) >= 11 is 12.2. The molecular formula is C19H8Cl2FN3O. The Morgan fingerprint density at radius 1 is 0.962 bits per heavy atom. The van der Waals surface area contributed by atoms with Crippen molar-refractivity contribution in [3.8, 4) is 16.8 Å². The second-order valence-electron chi connectivity index (χ2n) is 5.99. The summed E-state index contributed by atoms with van der Waals surface area (Å²) in [6, 6.07) is 13.7. The number of carbonyl (C=O) groups is 1. The summed E-state index contributed by atoms with van der Waals surface area (Å²) in [6.45, 7) is 0. The van der Waals surface area contributed by atoms with Gasteiger partial charge in [-0.15, -0.1) is 5.10 Å². The summed E-state index contributed by atoms with van der Waals surface area (Å²) in [5, 5.41) is 8.99. The number of aromatic nitrogens is 3. The molecule has 1 heterocycles. The van der Waals surface area contributed by atoms with Gasteiger partial charge in [0.25, 0.3) is 0 Å². The van der Waals surface area contributed by atoms with Crippen LogP contribution in [0.15, 0.2) is 48.5 Å². The minimum absolute atomic E-state index is 0.147. The van der Waals surface area contributed by atoms with Crippen molar-refractivity contribution in [1.29, 1.82) is 0 Å². The van der Waals surface area contributed by atoms with Crippen molar-refractivity contribution in [2.45, 2.75) is 0 Å². The Labute approximate surface area is 156 Å². The predicted molar refractivity (Wildman–Crippen MR) is 97.7 cm³/mol. The van der Waals surface area contributed by atoms with E-state index in [1.54, 1.807) is 22.9 Å². The zero-order valence-corrected chi connectivity index (χ0v) is 14.5. The van der Waals surface area contributed by atoms with Gasteiger partial charge in [0.05, 0.1) is 26.8 Å². The number of hydrogen-bond acceptors (Lipinski definition) is 3. The highest BCUT2D eigenvalue weighted by Gasteiger charge is 2.29. The molecule has 2 bridgehead atoms. The topological polar surface area (TPSA) is 47.8 Å². The third kappa shape index (κ3) is 2.04. The first-order valence-corrected chi connectivity index (χ1v) is 8.48. The van der Waals surface area contributed by atoms with Crippen LogP contribution in [0.5, 0.6) is 0 Å². The lowest BCUT2D eigenvalue weighted by molar-refractivity contribution is 0.102. The highest BCUT2D eigenvalue weighted by Crippen LogP contribution is 2.36. The van der Waals surface area contributed by atoms with Crippen molar-refractivity contribution in [3.63, 3.8) is 0 Å². The van der Waals surface area contributed by atoms with Gasteiger partial charge in [0.1, 0.15) is 11.3 Å². The van der Waals surface area contributed by atoms with Crippen LogP contribution < -0.4 is 0 Å². The molecule has 6 rings (SSSR count). The minimum atomic E-state index is -0.502. The molecule has 2 aliphatic carbocycles. The van der Waals surface area contributed by atoms with Gasteiger partial charge in [-0.1, -0.05) is 40.5 Å². The Morgan fingerprint density at radius 2 is 1.81 bits per heavy atom. The largest absolute Gasteiger partial charge is 0.288 e. The molecule has 4 aromatic rings. The molecule has 0 N–H and O–H groups in total. The number of nitrogens with zero attached hydrogens (tertiary/aromatic N) is 3. The molecule has 0 aliphatic heterocycles. The van der Waals surface area contributed by atoms with Crippen molar-refractivity contribution < 1.29 is 9.18 Å². The highest BCUT2D eigenvalue weighted by atomic mass is 35.5. The van der Waals surface area contributed by atoms with Gasteiger partial charge in [-0.3, -0.25) is 4.79 Å². The summed E-state index contributed by atoms with van der Waals surface area (Å²) < 4.78 is 15.6. The second kappa shape index (κ2) is 5.37. The molecule has 2 aliphatic rings. The van der Waals surface area contributed by atoms with Gasteiger partial charge >= 0.3 is 0 Å².